The third kappa shape index (κ3) is 3.59. The van der Waals surface area contributed by atoms with Crippen LogP contribution in [0.5, 0.6) is 0 Å². The second kappa shape index (κ2) is 5.73. The van der Waals surface area contributed by atoms with E-state index in [0.717, 1.165) is 17.4 Å². The fourth-order valence-electron chi connectivity index (χ4n) is 0.990. The van der Waals surface area contributed by atoms with Gasteiger partial charge in [0.05, 0.1) is 0 Å². The molecule has 1 aromatic rings. The van der Waals surface area contributed by atoms with Gasteiger partial charge in [0.2, 0.25) is 5.91 Å². The largest absolute Gasteiger partial charge is 0.344 e. The highest BCUT2D eigenvalue weighted by molar-refractivity contribution is 9.10. The smallest absolute Gasteiger partial charge is 0.237 e. The van der Waals surface area contributed by atoms with Crippen LogP contribution in [-0.4, -0.2) is 30.3 Å². The quantitative estimate of drug-likeness (QED) is 0.782. The number of amides is 1. The van der Waals surface area contributed by atoms with Gasteiger partial charge in [-0.15, -0.1) is 22.9 Å². The predicted octanol–water partition coefficient (Wildman–Crippen LogP) is 2.75. The Hall–Kier alpha value is -0.0600. The van der Waals surface area contributed by atoms with Gasteiger partial charge in [0.25, 0.3) is 0 Å². The van der Waals surface area contributed by atoms with Gasteiger partial charge in [0.1, 0.15) is 5.88 Å². The standard InChI is InChI=1S/C9H11BrClNOS/c1-12(9(13)5-11)3-2-8-4-7(10)6-14-8/h4,6H,2-3,5H2,1H3. The lowest BCUT2D eigenvalue weighted by molar-refractivity contribution is -0.127. The van der Waals surface area contributed by atoms with Crippen LogP contribution in [0, 0.1) is 0 Å². The number of thiophene rings is 1. The number of carbonyl (C=O) groups excluding carboxylic acids is 1. The molecule has 0 aliphatic carbocycles. The number of carbonyl (C=O) groups is 1. The molecule has 0 unspecified atom stereocenters. The highest BCUT2D eigenvalue weighted by Gasteiger charge is 2.07. The van der Waals surface area contributed by atoms with Gasteiger partial charge in [-0.05, 0) is 28.4 Å². The summed E-state index contributed by atoms with van der Waals surface area (Å²) in [5.74, 6) is 0.0345. The lowest BCUT2D eigenvalue weighted by Gasteiger charge is -2.14. The molecule has 0 saturated carbocycles. The van der Waals surface area contributed by atoms with Gasteiger partial charge < -0.3 is 4.90 Å². The first-order chi connectivity index (χ1) is 6.63. The highest BCUT2D eigenvalue weighted by Crippen LogP contribution is 2.20. The van der Waals surface area contributed by atoms with Crippen molar-refractivity contribution in [3.8, 4) is 0 Å². The molecule has 1 aromatic heterocycles. The highest BCUT2D eigenvalue weighted by atomic mass is 79.9. The van der Waals surface area contributed by atoms with Crippen molar-refractivity contribution in [2.45, 2.75) is 6.42 Å². The Morgan fingerprint density at radius 1 is 1.71 bits per heavy atom. The zero-order chi connectivity index (χ0) is 10.6. The Bertz CT molecular complexity index is 316. The van der Waals surface area contributed by atoms with Crippen molar-refractivity contribution in [2.75, 3.05) is 19.5 Å². The van der Waals surface area contributed by atoms with Crippen molar-refractivity contribution in [3.05, 3.63) is 20.8 Å². The number of hydrogen-bond acceptors (Lipinski definition) is 2. The number of halogens is 2. The third-order valence-corrected chi connectivity index (χ3v) is 3.84. The van der Waals surface area contributed by atoms with Gasteiger partial charge in [-0.1, -0.05) is 0 Å². The number of nitrogens with zero attached hydrogens (tertiary/aromatic N) is 1. The van der Waals surface area contributed by atoms with Crippen LogP contribution in [-0.2, 0) is 11.2 Å². The summed E-state index contributed by atoms with van der Waals surface area (Å²) in [7, 11) is 1.77. The van der Waals surface area contributed by atoms with Crippen LogP contribution in [0.1, 0.15) is 4.88 Å². The molecule has 0 fully saturated rings. The van der Waals surface area contributed by atoms with E-state index in [4.69, 9.17) is 11.6 Å². The summed E-state index contributed by atoms with van der Waals surface area (Å²) < 4.78 is 1.10. The Morgan fingerprint density at radius 2 is 2.43 bits per heavy atom. The average molecular weight is 297 g/mol. The van der Waals surface area contributed by atoms with E-state index >= 15 is 0 Å². The van der Waals surface area contributed by atoms with Crippen molar-refractivity contribution in [3.63, 3.8) is 0 Å². The average Bonchev–Trinajstić information content (AvgIpc) is 2.59. The van der Waals surface area contributed by atoms with Crippen molar-refractivity contribution in [2.24, 2.45) is 0 Å². The zero-order valence-corrected chi connectivity index (χ0v) is 11.0. The molecule has 0 radical (unpaired) electrons. The molecule has 14 heavy (non-hydrogen) atoms. The molecule has 0 bridgehead atoms. The summed E-state index contributed by atoms with van der Waals surface area (Å²) in [4.78, 5) is 14.0. The van der Waals surface area contributed by atoms with E-state index < -0.39 is 0 Å². The second-order valence-corrected chi connectivity index (χ2v) is 5.11. The molecule has 0 atom stereocenters. The molecule has 0 spiro atoms. The first kappa shape index (κ1) is 12.0. The van der Waals surface area contributed by atoms with E-state index in [1.807, 2.05) is 5.38 Å². The molecule has 1 rings (SSSR count). The molecule has 1 heterocycles. The molecule has 0 aliphatic rings. The molecule has 0 aliphatic heterocycles. The van der Waals surface area contributed by atoms with Gasteiger partial charge in [-0.2, -0.15) is 0 Å². The summed E-state index contributed by atoms with van der Waals surface area (Å²) >= 11 is 10.5. The molecular weight excluding hydrogens is 286 g/mol. The van der Waals surface area contributed by atoms with Crippen molar-refractivity contribution in [1.82, 2.24) is 4.90 Å². The van der Waals surface area contributed by atoms with Gasteiger partial charge in [0.15, 0.2) is 0 Å². The Kier molecular flexibility index (Phi) is 4.92. The first-order valence-electron chi connectivity index (χ1n) is 4.16. The molecular formula is C9H11BrClNOS. The molecule has 0 N–H and O–H groups in total. The third-order valence-electron chi connectivity index (χ3n) is 1.86. The van der Waals surface area contributed by atoms with E-state index in [0.29, 0.717) is 0 Å². The summed E-state index contributed by atoms with van der Waals surface area (Å²) in [5.41, 5.74) is 0. The first-order valence-corrected chi connectivity index (χ1v) is 6.37. The summed E-state index contributed by atoms with van der Waals surface area (Å²) in [6.07, 6.45) is 0.884. The van der Waals surface area contributed by atoms with Crippen LogP contribution in [0.4, 0.5) is 0 Å². The number of rotatable bonds is 4. The maximum atomic E-state index is 11.1. The van der Waals surface area contributed by atoms with Crippen LogP contribution < -0.4 is 0 Å². The lowest BCUT2D eigenvalue weighted by atomic mass is 10.3. The van der Waals surface area contributed by atoms with Crippen LogP contribution in [0.3, 0.4) is 0 Å². The van der Waals surface area contributed by atoms with E-state index in [2.05, 4.69) is 22.0 Å². The summed E-state index contributed by atoms with van der Waals surface area (Å²) in [6, 6.07) is 2.07. The van der Waals surface area contributed by atoms with E-state index in [9.17, 15) is 4.79 Å². The Morgan fingerprint density at radius 3 is 2.93 bits per heavy atom. The van der Waals surface area contributed by atoms with Crippen molar-refractivity contribution in [1.29, 1.82) is 0 Å². The SMILES string of the molecule is CN(CCc1cc(Br)cs1)C(=O)CCl. The number of likely N-dealkylation sites (N-methyl/N-ethyl adjacent to an activating group) is 1. The summed E-state index contributed by atoms with van der Waals surface area (Å²) in [5, 5.41) is 2.04. The molecule has 2 nitrogen and oxygen atoms in total. The molecule has 0 aromatic carbocycles. The fourth-order valence-corrected chi connectivity index (χ4v) is 2.64. The number of hydrogen-bond donors (Lipinski definition) is 0. The fraction of sp³-hybridized carbons (Fsp3) is 0.444. The van der Waals surface area contributed by atoms with Crippen molar-refractivity contribution >= 4 is 44.8 Å². The maximum absolute atomic E-state index is 11.1. The van der Waals surface area contributed by atoms with Crippen molar-refractivity contribution < 1.29 is 4.79 Å². The summed E-state index contributed by atoms with van der Waals surface area (Å²) in [6.45, 7) is 0.721. The van der Waals surface area contributed by atoms with Crippen LogP contribution >= 0.6 is 38.9 Å². The van der Waals surface area contributed by atoms with E-state index in [1.165, 1.54) is 4.88 Å². The zero-order valence-electron chi connectivity index (χ0n) is 7.80. The van der Waals surface area contributed by atoms with Gasteiger partial charge >= 0.3 is 0 Å². The minimum Gasteiger partial charge on any atom is -0.344 e. The Balaban J connectivity index is 2.37. The molecule has 1 amide bonds. The lowest BCUT2D eigenvalue weighted by Crippen LogP contribution is -2.29. The maximum Gasteiger partial charge on any atom is 0.237 e. The van der Waals surface area contributed by atoms with E-state index in [1.54, 1.807) is 23.3 Å². The van der Waals surface area contributed by atoms with Gasteiger partial charge in [-0.25, -0.2) is 0 Å². The van der Waals surface area contributed by atoms with Gasteiger partial charge in [0, 0.05) is 28.3 Å². The second-order valence-electron chi connectivity index (χ2n) is 2.93. The monoisotopic (exact) mass is 295 g/mol. The van der Waals surface area contributed by atoms with E-state index in [-0.39, 0.29) is 11.8 Å². The predicted molar refractivity (Wildman–Crippen MR) is 64.1 cm³/mol. The van der Waals surface area contributed by atoms with Crippen LogP contribution in [0.15, 0.2) is 15.9 Å². The van der Waals surface area contributed by atoms with Crippen LogP contribution in [0.25, 0.3) is 0 Å². The van der Waals surface area contributed by atoms with Gasteiger partial charge in [-0.3, -0.25) is 4.79 Å². The minimum atomic E-state index is -0.0257. The Labute approximate surface area is 101 Å². The molecule has 5 heteroatoms. The molecule has 78 valence electrons. The topological polar surface area (TPSA) is 20.3 Å². The normalized spacial score (nSPS) is 10.2. The minimum absolute atomic E-state index is 0.0257. The molecule has 0 saturated heterocycles. The number of alkyl halides is 1. The van der Waals surface area contributed by atoms with Crippen LogP contribution in [0.2, 0.25) is 0 Å².